The largest absolute Gasteiger partial charge is 0.481 e. The molecule has 230 valence electrons. The maximum atomic E-state index is 13.7. The highest BCUT2D eigenvalue weighted by molar-refractivity contribution is 5.97. The summed E-state index contributed by atoms with van der Waals surface area (Å²) in [6.45, 7) is 9.16. The van der Waals surface area contributed by atoms with Crippen LogP contribution in [-0.2, 0) is 9.59 Å². The van der Waals surface area contributed by atoms with Crippen LogP contribution < -0.4 is 5.32 Å². The van der Waals surface area contributed by atoms with E-state index in [9.17, 15) is 18.4 Å². The summed E-state index contributed by atoms with van der Waals surface area (Å²) in [7, 11) is 0. The molecule has 0 spiro atoms. The van der Waals surface area contributed by atoms with Crippen molar-refractivity contribution >= 4 is 23.5 Å². The van der Waals surface area contributed by atoms with Crippen LogP contribution in [0.25, 0.3) is 0 Å². The minimum Gasteiger partial charge on any atom is -0.481 e. The first-order valence-electron chi connectivity index (χ1n) is 14.9. The minimum atomic E-state index is -2.68. The van der Waals surface area contributed by atoms with Gasteiger partial charge in [-0.1, -0.05) is 43.7 Å². The van der Waals surface area contributed by atoms with Crippen molar-refractivity contribution in [3.8, 4) is 0 Å². The van der Waals surface area contributed by atoms with Gasteiger partial charge < -0.3 is 15.3 Å². The number of hydrogen-bond acceptors (Lipinski definition) is 5. The maximum Gasteiger partial charge on any atom is 0.303 e. The predicted molar refractivity (Wildman–Crippen MR) is 159 cm³/mol. The number of alkyl halides is 2. The molecule has 3 atom stereocenters. The van der Waals surface area contributed by atoms with Gasteiger partial charge in [-0.05, 0) is 58.4 Å². The van der Waals surface area contributed by atoms with E-state index in [1.807, 2.05) is 37.3 Å². The SMILES string of the molecule is CCCC(C)N(CCC(NC(=O)C1CCC(F)(F)CC1)c1ccccc1)CC(C)N(C(C)=N)C(=N)CCCC(=O)O. The van der Waals surface area contributed by atoms with Crippen LogP contribution in [0.1, 0.15) is 104 Å². The van der Waals surface area contributed by atoms with Gasteiger partial charge >= 0.3 is 5.97 Å². The lowest BCUT2D eigenvalue weighted by Gasteiger charge is -2.38. The van der Waals surface area contributed by atoms with Crippen molar-refractivity contribution in [2.24, 2.45) is 5.92 Å². The molecular weight excluding hydrogens is 528 g/mol. The number of rotatable bonds is 16. The van der Waals surface area contributed by atoms with Gasteiger partial charge in [0.1, 0.15) is 5.84 Å². The van der Waals surface area contributed by atoms with Gasteiger partial charge in [0.2, 0.25) is 11.8 Å². The molecule has 0 bridgehead atoms. The number of carbonyl (C=O) groups is 2. The molecule has 1 aliphatic rings. The van der Waals surface area contributed by atoms with Crippen LogP contribution in [-0.4, -0.2) is 69.5 Å². The molecule has 41 heavy (non-hydrogen) atoms. The molecule has 0 radical (unpaired) electrons. The lowest BCUT2D eigenvalue weighted by atomic mass is 9.86. The summed E-state index contributed by atoms with van der Waals surface area (Å²) in [5.74, 6) is -3.68. The second-order valence-corrected chi connectivity index (χ2v) is 11.5. The fourth-order valence-corrected chi connectivity index (χ4v) is 5.73. The average Bonchev–Trinajstić information content (AvgIpc) is 2.90. The molecule has 2 rings (SSSR count). The number of carboxylic acid groups (broad SMARTS) is 1. The van der Waals surface area contributed by atoms with Gasteiger partial charge in [0.15, 0.2) is 0 Å². The van der Waals surface area contributed by atoms with Crippen molar-refractivity contribution in [3.63, 3.8) is 0 Å². The number of nitrogens with zero attached hydrogens (tertiary/aromatic N) is 2. The molecule has 0 aromatic heterocycles. The third kappa shape index (κ3) is 11.5. The summed E-state index contributed by atoms with van der Waals surface area (Å²) < 4.78 is 27.4. The standard InChI is InChI=1S/C31H49F2N5O3/c1-5-10-22(2)37(21-23(3)38(24(4)34)28(35)13-9-14-29(39)40)20-17-27(25-11-7-6-8-12-25)36-30(41)26-15-18-31(32,33)19-16-26/h6-8,11-12,22-23,26-27,34-35H,5,9-10,13-21H2,1-4H3,(H,36,41)(H,39,40). The Bertz CT molecular complexity index is 997. The van der Waals surface area contributed by atoms with Gasteiger partial charge in [-0.25, -0.2) is 8.78 Å². The molecule has 0 heterocycles. The molecule has 1 amide bonds. The Morgan fingerprint density at radius 3 is 2.27 bits per heavy atom. The normalized spacial score (nSPS) is 17.4. The topological polar surface area (TPSA) is 121 Å². The van der Waals surface area contributed by atoms with Crippen LogP contribution in [0.5, 0.6) is 0 Å². The number of halogens is 2. The number of amides is 1. The summed E-state index contributed by atoms with van der Waals surface area (Å²) in [6, 6.07) is 9.49. The van der Waals surface area contributed by atoms with Crippen LogP contribution in [0.15, 0.2) is 30.3 Å². The quantitative estimate of drug-likeness (QED) is 0.133. The molecule has 1 aliphatic carbocycles. The van der Waals surface area contributed by atoms with Gasteiger partial charge in [-0.2, -0.15) is 0 Å². The van der Waals surface area contributed by atoms with Crippen LogP contribution in [0, 0.1) is 16.7 Å². The van der Waals surface area contributed by atoms with E-state index in [1.165, 1.54) is 0 Å². The van der Waals surface area contributed by atoms with Crippen molar-refractivity contribution < 1.29 is 23.5 Å². The van der Waals surface area contributed by atoms with Gasteiger partial charge in [0.25, 0.3) is 0 Å². The lowest BCUT2D eigenvalue weighted by molar-refractivity contribution is -0.137. The highest BCUT2D eigenvalue weighted by Crippen LogP contribution is 2.36. The smallest absolute Gasteiger partial charge is 0.303 e. The number of aliphatic carboxylic acids is 1. The average molecular weight is 578 g/mol. The molecule has 1 fully saturated rings. The minimum absolute atomic E-state index is 0.0167. The zero-order valence-electron chi connectivity index (χ0n) is 25.1. The van der Waals surface area contributed by atoms with E-state index in [0.717, 1.165) is 18.4 Å². The third-order valence-corrected chi connectivity index (χ3v) is 8.04. The molecule has 1 aromatic rings. The van der Waals surface area contributed by atoms with E-state index in [0.29, 0.717) is 25.9 Å². The molecule has 1 saturated carbocycles. The summed E-state index contributed by atoms with van der Waals surface area (Å²) in [4.78, 5) is 28.1. The van der Waals surface area contributed by atoms with E-state index >= 15 is 0 Å². The molecule has 4 N–H and O–H groups in total. The summed E-state index contributed by atoms with van der Waals surface area (Å²) in [5, 5.41) is 29.0. The first-order chi connectivity index (χ1) is 19.3. The number of benzene rings is 1. The van der Waals surface area contributed by atoms with E-state index in [2.05, 4.69) is 24.1 Å². The second kappa shape index (κ2) is 16.5. The van der Waals surface area contributed by atoms with E-state index < -0.39 is 17.8 Å². The van der Waals surface area contributed by atoms with Gasteiger partial charge in [-0.3, -0.25) is 25.3 Å². The fourth-order valence-electron chi connectivity index (χ4n) is 5.73. The Morgan fingerprint density at radius 2 is 1.71 bits per heavy atom. The van der Waals surface area contributed by atoms with Crippen molar-refractivity contribution in [2.45, 2.75) is 116 Å². The van der Waals surface area contributed by atoms with Gasteiger partial charge in [0.05, 0.1) is 11.9 Å². The number of nitrogens with one attached hydrogen (secondary N) is 3. The van der Waals surface area contributed by atoms with Crippen molar-refractivity contribution in [2.75, 3.05) is 13.1 Å². The Labute approximate surface area is 243 Å². The maximum absolute atomic E-state index is 13.7. The Morgan fingerprint density at radius 1 is 1.07 bits per heavy atom. The summed E-state index contributed by atoms with van der Waals surface area (Å²) >= 11 is 0. The van der Waals surface area contributed by atoms with Crippen molar-refractivity contribution in [3.05, 3.63) is 35.9 Å². The second-order valence-electron chi connectivity index (χ2n) is 11.5. The first-order valence-corrected chi connectivity index (χ1v) is 14.9. The number of amidine groups is 2. The third-order valence-electron chi connectivity index (χ3n) is 8.04. The number of hydrogen-bond donors (Lipinski definition) is 4. The molecule has 8 nitrogen and oxygen atoms in total. The molecule has 10 heteroatoms. The molecule has 3 unspecified atom stereocenters. The Hall–Kier alpha value is -2.88. The number of carbonyl (C=O) groups excluding carboxylic acids is 1. The van der Waals surface area contributed by atoms with Crippen LogP contribution in [0.3, 0.4) is 0 Å². The lowest BCUT2D eigenvalue weighted by Crippen LogP contribution is -2.49. The van der Waals surface area contributed by atoms with Gasteiger partial charge in [0, 0.05) is 56.8 Å². The fraction of sp³-hybridized carbons (Fsp3) is 0.677. The Balaban J connectivity index is 2.15. The zero-order valence-corrected chi connectivity index (χ0v) is 25.1. The van der Waals surface area contributed by atoms with Crippen molar-refractivity contribution in [1.82, 2.24) is 15.1 Å². The molecular formula is C31H49F2N5O3. The predicted octanol–water partition coefficient (Wildman–Crippen LogP) is 6.47. The Kier molecular flexibility index (Phi) is 13.8. The van der Waals surface area contributed by atoms with E-state index in [4.69, 9.17) is 15.9 Å². The van der Waals surface area contributed by atoms with Crippen molar-refractivity contribution in [1.29, 1.82) is 10.8 Å². The van der Waals surface area contributed by atoms with Crippen LogP contribution in [0.4, 0.5) is 8.78 Å². The molecule has 0 saturated heterocycles. The first kappa shape index (κ1) is 34.3. The molecule has 0 aliphatic heterocycles. The van der Waals surface area contributed by atoms with Crippen LogP contribution in [0.2, 0.25) is 0 Å². The summed E-state index contributed by atoms with van der Waals surface area (Å²) in [6.07, 6.45) is 3.07. The highest BCUT2D eigenvalue weighted by atomic mass is 19.3. The zero-order chi connectivity index (χ0) is 30.6. The molecule has 1 aromatic carbocycles. The highest BCUT2D eigenvalue weighted by Gasteiger charge is 2.38. The van der Waals surface area contributed by atoms with E-state index in [-0.39, 0.29) is 74.2 Å². The van der Waals surface area contributed by atoms with E-state index in [1.54, 1.807) is 11.8 Å². The van der Waals surface area contributed by atoms with Crippen LogP contribution >= 0.6 is 0 Å². The summed E-state index contributed by atoms with van der Waals surface area (Å²) in [5.41, 5.74) is 0.968. The van der Waals surface area contributed by atoms with Gasteiger partial charge in [-0.15, -0.1) is 0 Å². The number of carboxylic acids is 1. The monoisotopic (exact) mass is 577 g/mol.